The number of fused-ring (bicyclic) bond motifs is 1. The minimum atomic E-state index is -0.174. The molecule has 0 aliphatic heterocycles. The molecule has 5 heteroatoms. The minimum Gasteiger partial charge on any atom is -0.409 e. The molecule has 0 fully saturated rings. The maximum absolute atomic E-state index is 12.2. The fourth-order valence-corrected chi connectivity index (χ4v) is 2.42. The van der Waals surface area contributed by atoms with Gasteiger partial charge in [-0.05, 0) is 18.6 Å². The van der Waals surface area contributed by atoms with Crippen molar-refractivity contribution in [3.63, 3.8) is 0 Å². The second kappa shape index (κ2) is 5.63. The maximum atomic E-state index is 12.2. The van der Waals surface area contributed by atoms with Crippen LogP contribution < -0.4 is 10.4 Å². The molecule has 1 aromatic heterocycles. The summed E-state index contributed by atoms with van der Waals surface area (Å²) in [5, 5.41) is 0.567. The normalized spacial score (nSPS) is 18.1. The van der Waals surface area contributed by atoms with E-state index in [0.717, 1.165) is 10.9 Å². The summed E-state index contributed by atoms with van der Waals surface area (Å²) in [6, 6.07) is 7.25. The number of hydrogen-bond acceptors (Lipinski definition) is 3. The van der Waals surface area contributed by atoms with Crippen molar-refractivity contribution in [1.82, 2.24) is 9.71 Å². The highest BCUT2D eigenvalue weighted by molar-refractivity contribution is 9.11. The Hall–Kier alpha value is -1.88. The van der Waals surface area contributed by atoms with E-state index in [2.05, 4.69) is 33.1 Å². The molecule has 1 atom stereocenters. The molecular formula is C15H13BrN2O2. The van der Waals surface area contributed by atoms with E-state index in [4.69, 9.17) is 4.84 Å². The van der Waals surface area contributed by atoms with E-state index in [9.17, 15) is 4.79 Å². The SMILES string of the molecule is O=c1c2ccccc2ncn1OCC1C=CC(Br)=CC1. The van der Waals surface area contributed by atoms with Crippen molar-refractivity contribution in [2.45, 2.75) is 6.42 Å². The molecule has 20 heavy (non-hydrogen) atoms. The Balaban J connectivity index is 1.77. The van der Waals surface area contributed by atoms with Crippen LogP contribution in [-0.2, 0) is 0 Å². The smallest absolute Gasteiger partial charge is 0.293 e. The highest BCUT2D eigenvalue weighted by Gasteiger charge is 2.10. The van der Waals surface area contributed by atoms with Crippen molar-refractivity contribution in [2.75, 3.05) is 6.61 Å². The lowest BCUT2D eigenvalue weighted by Crippen LogP contribution is -2.30. The van der Waals surface area contributed by atoms with E-state index in [1.807, 2.05) is 24.3 Å². The van der Waals surface area contributed by atoms with Crippen molar-refractivity contribution >= 4 is 26.8 Å². The van der Waals surface area contributed by atoms with Gasteiger partial charge in [0.1, 0.15) is 12.9 Å². The quantitative estimate of drug-likeness (QED) is 0.867. The van der Waals surface area contributed by atoms with Gasteiger partial charge in [0, 0.05) is 10.4 Å². The fourth-order valence-electron chi connectivity index (χ4n) is 2.08. The van der Waals surface area contributed by atoms with Gasteiger partial charge in [-0.1, -0.05) is 46.3 Å². The molecule has 0 radical (unpaired) electrons. The number of aromatic nitrogens is 2. The summed E-state index contributed by atoms with van der Waals surface area (Å²) in [5.41, 5.74) is 0.508. The van der Waals surface area contributed by atoms with Gasteiger partial charge in [-0.25, -0.2) is 4.98 Å². The molecule has 0 saturated carbocycles. The first-order chi connectivity index (χ1) is 9.74. The molecule has 3 rings (SSSR count). The van der Waals surface area contributed by atoms with Crippen LogP contribution in [0.4, 0.5) is 0 Å². The molecule has 1 aromatic carbocycles. The molecule has 1 unspecified atom stereocenters. The van der Waals surface area contributed by atoms with Gasteiger partial charge in [0.05, 0.1) is 10.9 Å². The molecule has 1 aliphatic rings. The molecule has 0 amide bonds. The fraction of sp³-hybridized carbons (Fsp3) is 0.200. The predicted molar refractivity (Wildman–Crippen MR) is 81.7 cm³/mol. The van der Waals surface area contributed by atoms with Gasteiger partial charge in [0.25, 0.3) is 5.56 Å². The second-order valence-corrected chi connectivity index (χ2v) is 5.55. The molecule has 2 aromatic rings. The Kier molecular flexibility index (Phi) is 3.69. The van der Waals surface area contributed by atoms with Gasteiger partial charge in [0.15, 0.2) is 0 Å². The van der Waals surface area contributed by atoms with E-state index in [1.165, 1.54) is 11.1 Å². The van der Waals surface area contributed by atoms with E-state index >= 15 is 0 Å². The van der Waals surface area contributed by atoms with Gasteiger partial charge in [-0.2, -0.15) is 0 Å². The highest BCUT2D eigenvalue weighted by Crippen LogP contribution is 2.19. The van der Waals surface area contributed by atoms with Gasteiger partial charge < -0.3 is 4.84 Å². The molecular weight excluding hydrogens is 320 g/mol. The van der Waals surface area contributed by atoms with Crippen molar-refractivity contribution in [1.29, 1.82) is 0 Å². The zero-order valence-electron chi connectivity index (χ0n) is 10.7. The lowest BCUT2D eigenvalue weighted by atomic mass is 10.0. The van der Waals surface area contributed by atoms with Crippen LogP contribution in [0.25, 0.3) is 10.9 Å². The molecule has 0 saturated heterocycles. The summed E-state index contributed by atoms with van der Waals surface area (Å²) >= 11 is 3.42. The van der Waals surface area contributed by atoms with Gasteiger partial charge in [-0.15, -0.1) is 4.73 Å². The molecule has 0 spiro atoms. The first-order valence-electron chi connectivity index (χ1n) is 6.37. The number of rotatable bonds is 3. The van der Waals surface area contributed by atoms with Crippen LogP contribution in [0.15, 0.2) is 58.1 Å². The summed E-state index contributed by atoms with van der Waals surface area (Å²) in [4.78, 5) is 22.0. The van der Waals surface area contributed by atoms with Crippen LogP contribution in [0.2, 0.25) is 0 Å². The Labute approximate surface area is 124 Å². The monoisotopic (exact) mass is 332 g/mol. The van der Waals surface area contributed by atoms with E-state index < -0.39 is 0 Å². The second-order valence-electron chi connectivity index (χ2n) is 4.63. The van der Waals surface area contributed by atoms with Gasteiger partial charge in [0.2, 0.25) is 0 Å². The van der Waals surface area contributed by atoms with Crippen molar-refractivity contribution in [2.24, 2.45) is 5.92 Å². The number of halogens is 1. The van der Waals surface area contributed by atoms with Crippen LogP contribution >= 0.6 is 15.9 Å². The van der Waals surface area contributed by atoms with Crippen LogP contribution in [0.3, 0.4) is 0 Å². The highest BCUT2D eigenvalue weighted by atomic mass is 79.9. The number of allylic oxidation sites excluding steroid dienone is 3. The summed E-state index contributed by atoms with van der Waals surface area (Å²) in [5.74, 6) is 0.273. The van der Waals surface area contributed by atoms with Gasteiger partial charge in [-0.3, -0.25) is 4.79 Å². The topological polar surface area (TPSA) is 44.1 Å². The van der Waals surface area contributed by atoms with Crippen LogP contribution in [0.1, 0.15) is 6.42 Å². The van der Waals surface area contributed by atoms with E-state index in [-0.39, 0.29) is 11.5 Å². The van der Waals surface area contributed by atoms with E-state index in [0.29, 0.717) is 17.5 Å². The molecule has 1 aliphatic carbocycles. The Morgan fingerprint density at radius 2 is 2.25 bits per heavy atom. The summed E-state index contributed by atoms with van der Waals surface area (Å²) < 4.78 is 2.29. The van der Waals surface area contributed by atoms with Crippen LogP contribution in [-0.4, -0.2) is 16.3 Å². The number of hydrogen-bond donors (Lipinski definition) is 0. The first kappa shape index (κ1) is 13.1. The number of nitrogens with zero attached hydrogens (tertiary/aromatic N) is 2. The third-order valence-electron chi connectivity index (χ3n) is 3.21. The van der Waals surface area contributed by atoms with Crippen LogP contribution in [0, 0.1) is 5.92 Å². The molecule has 4 nitrogen and oxygen atoms in total. The maximum Gasteiger partial charge on any atom is 0.293 e. The Bertz CT molecular complexity index is 749. The largest absolute Gasteiger partial charge is 0.409 e. The zero-order valence-corrected chi connectivity index (χ0v) is 12.3. The van der Waals surface area contributed by atoms with Gasteiger partial charge >= 0.3 is 0 Å². The molecule has 0 N–H and O–H groups in total. The summed E-state index contributed by atoms with van der Waals surface area (Å²) in [6.07, 6.45) is 8.49. The Morgan fingerprint density at radius 1 is 1.40 bits per heavy atom. The minimum absolute atomic E-state index is 0.174. The molecule has 0 bridgehead atoms. The number of para-hydroxylation sites is 1. The molecule has 102 valence electrons. The van der Waals surface area contributed by atoms with Crippen molar-refractivity contribution in [3.8, 4) is 0 Å². The van der Waals surface area contributed by atoms with Crippen molar-refractivity contribution < 1.29 is 4.84 Å². The van der Waals surface area contributed by atoms with Crippen LogP contribution in [0.5, 0.6) is 0 Å². The zero-order chi connectivity index (χ0) is 13.9. The number of benzene rings is 1. The average Bonchev–Trinajstić information content (AvgIpc) is 2.49. The lowest BCUT2D eigenvalue weighted by molar-refractivity contribution is 0.0828. The summed E-state index contributed by atoms with van der Waals surface area (Å²) in [6.45, 7) is 0.452. The average molecular weight is 333 g/mol. The molecule has 1 heterocycles. The first-order valence-corrected chi connectivity index (χ1v) is 7.17. The third-order valence-corrected chi connectivity index (χ3v) is 3.80. The summed E-state index contributed by atoms with van der Waals surface area (Å²) in [7, 11) is 0. The lowest BCUT2D eigenvalue weighted by Gasteiger charge is -2.15. The Morgan fingerprint density at radius 3 is 3.05 bits per heavy atom. The third kappa shape index (κ3) is 2.67. The predicted octanol–water partition coefficient (Wildman–Crippen LogP) is 2.68. The standard InChI is InChI=1S/C15H13BrN2O2/c16-12-7-5-11(6-8-12)9-20-18-10-17-14-4-2-1-3-13(14)15(18)19/h1-5,7-8,10-11H,6,9H2. The van der Waals surface area contributed by atoms with E-state index in [1.54, 1.807) is 6.07 Å². The van der Waals surface area contributed by atoms with Crippen molar-refractivity contribution in [3.05, 3.63) is 63.7 Å².